The van der Waals surface area contributed by atoms with Crippen LogP contribution in [0.4, 0.5) is 0 Å². The first-order valence-corrected chi connectivity index (χ1v) is 9.40. The fourth-order valence-corrected chi connectivity index (χ4v) is 4.04. The molecule has 0 amide bonds. The molecule has 2 atom stereocenters. The van der Waals surface area contributed by atoms with E-state index in [4.69, 9.17) is 14.2 Å². The third-order valence-corrected chi connectivity index (χ3v) is 5.36. The maximum atomic E-state index is 6.35. The van der Waals surface area contributed by atoms with Crippen LogP contribution in [0.25, 0.3) is 0 Å². The van der Waals surface area contributed by atoms with Crippen LogP contribution in [0.15, 0.2) is 60.7 Å². The van der Waals surface area contributed by atoms with E-state index in [2.05, 4.69) is 48.5 Å². The highest BCUT2D eigenvalue weighted by atomic mass is 16.9. The van der Waals surface area contributed by atoms with E-state index in [9.17, 15) is 0 Å². The Morgan fingerprint density at radius 1 is 0.720 bits per heavy atom. The molecule has 2 unspecified atom stereocenters. The topological polar surface area (TPSA) is 27.7 Å². The van der Waals surface area contributed by atoms with E-state index < -0.39 is 0 Å². The summed E-state index contributed by atoms with van der Waals surface area (Å²) < 4.78 is 18.1. The van der Waals surface area contributed by atoms with E-state index >= 15 is 0 Å². The second-order valence-corrected chi connectivity index (χ2v) is 7.02. The molecule has 132 valence electrons. The van der Waals surface area contributed by atoms with Crippen molar-refractivity contribution in [2.75, 3.05) is 6.79 Å². The molecular formula is C22H26O3. The number of hydrogen-bond acceptors (Lipinski definition) is 3. The average Bonchev–Trinajstić information content (AvgIpc) is 2.71. The van der Waals surface area contributed by atoms with E-state index in [1.54, 1.807) is 0 Å². The fraction of sp³-hybridized carbons (Fsp3) is 0.455. The minimum atomic E-state index is -0.314. The zero-order valence-electron chi connectivity index (χ0n) is 14.6. The summed E-state index contributed by atoms with van der Waals surface area (Å²) in [5.74, 6) is 0.546. The summed E-state index contributed by atoms with van der Waals surface area (Å²) in [4.78, 5) is 0. The molecule has 1 saturated carbocycles. The molecule has 1 aliphatic carbocycles. The van der Waals surface area contributed by atoms with Crippen LogP contribution in [0.3, 0.4) is 0 Å². The monoisotopic (exact) mass is 338 g/mol. The average molecular weight is 338 g/mol. The first-order chi connectivity index (χ1) is 12.4. The van der Waals surface area contributed by atoms with Crippen molar-refractivity contribution >= 4 is 0 Å². The summed E-state index contributed by atoms with van der Waals surface area (Å²) >= 11 is 0. The van der Waals surface area contributed by atoms with Crippen LogP contribution in [0.1, 0.15) is 49.1 Å². The van der Waals surface area contributed by atoms with Crippen LogP contribution in [0.5, 0.6) is 0 Å². The molecule has 3 nitrogen and oxygen atoms in total. The van der Waals surface area contributed by atoms with Crippen LogP contribution in [0.2, 0.25) is 0 Å². The van der Waals surface area contributed by atoms with Gasteiger partial charge < -0.3 is 14.2 Å². The normalized spacial score (nSPS) is 25.2. The lowest BCUT2D eigenvalue weighted by atomic mass is 9.88. The molecule has 0 radical (unpaired) electrons. The Labute approximate surface area is 149 Å². The van der Waals surface area contributed by atoms with E-state index in [0.29, 0.717) is 12.7 Å². The van der Waals surface area contributed by atoms with E-state index in [1.165, 1.54) is 43.2 Å². The molecule has 2 aromatic carbocycles. The van der Waals surface area contributed by atoms with Gasteiger partial charge in [-0.3, -0.25) is 0 Å². The van der Waals surface area contributed by atoms with Crippen LogP contribution in [-0.2, 0) is 14.2 Å². The predicted octanol–water partition coefficient (Wildman–Crippen LogP) is 5.07. The lowest BCUT2D eigenvalue weighted by Gasteiger charge is -2.39. The molecule has 0 aromatic heterocycles. The standard InChI is InChI=1S/C22H26O3/c1-4-10-17(11-5-1)20(18-12-6-2-7-13-18)22-24-16-23-21(25-22)19-14-8-3-9-15-19/h1-2,4-7,10-13,19-22H,3,8-9,14-16H2. The third-order valence-electron chi connectivity index (χ3n) is 5.36. The van der Waals surface area contributed by atoms with Gasteiger partial charge in [-0.25, -0.2) is 0 Å². The largest absolute Gasteiger partial charge is 0.326 e. The molecule has 1 saturated heterocycles. The highest BCUT2D eigenvalue weighted by Crippen LogP contribution is 2.36. The highest BCUT2D eigenvalue weighted by Gasteiger charge is 2.36. The van der Waals surface area contributed by atoms with Crippen molar-refractivity contribution in [1.29, 1.82) is 0 Å². The third kappa shape index (κ3) is 3.95. The zero-order chi connectivity index (χ0) is 16.9. The molecule has 4 rings (SSSR count). The second kappa shape index (κ2) is 8.13. The molecule has 0 N–H and O–H groups in total. The molecule has 25 heavy (non-hydrogen) atoms. The Hall–Kier alpha value is -1.68. The lowest BCUT2D eigenvalue weighted by molar-refractivity contribution is -0.360. The maximum Gasteiger partial charge on any atom is 0.174 e. The predicted molar refractivity (Wildman–Crippen MR) is 97.0 cm³/mol. The Bertz CT molecular complexity index is 597. The summed E-state index contributed by atoms with van der Waals surface area (Å²) in [6.07, 6.45) is 5.82. The summed E-state index contributed by atoms with van der Waals surface area (Å²) in [7, 11) is 0. The van der Waals surface area contributed by atoms with Gasteiger partial charge in [-0.05, 0) is 24.0 Å². The van der Waals surface area contributed by atoms with Gasteiger partial charge in [-0.15, -0.1) is 0 Å². The summed E-state index contributed by atoms with van der Waals surface area (Å²) in [5, 5.41) is 0. The minimum Gasteiger partial charge on any atom is -0.326 e. The van der Waals surface area contributed by atoms with Gasteiger partial charge in [0, 0.05) is 5.92 Å². The van der Waals surface area contributed by atoms with E-state index in [-0.39, 0.29) is 18.5 Å². The summed E-state index contributed by atoms with van der Waals surface area (Å²) in [5.41, 5.74) is 2.42. The van der Waals surface area contributed by atoms with Gasteiger partial charge in [0.05, 0.1) is 5.92 Å². The fourth-order valence-electron chi connectivity index (χ4n) is 4.04. The van der Waals surface area contributed by atoms with Gasteiger partial charge in [-0.2, -0.15) is 0 Å². The van der Waals surface area contributed by atoms with Gasteiger partial charge in [0.2, 0.25) is 0 Å². The summed E-state index contributed by atoms with van der Waals surface area (Å²) in [6.45, 7) is 0.308. The van der Waals surface area contributed by atoms with Gasteiger partial charge >= 0.3 is 0 Å². The molecule has 2 aromatic rings. The number of benzene rings is 2. The molecule has 2 aliphatic rings. The lowest BCUT2D eigenvalue weighted by Crippen LogP contribution is -2.42. The SMILES string of the molecule is c1ccc(C(c2ccccc2)C2OCOC(C3CCCCC3)O2)cc1. The van der Waals surface area contributed by atoms with Crippen LogP contribution in [-0.4, -0.2) is 19.4 Å². The van der Waals surface area contributed by atoms with Crippen LogP contribution >= 0.6 is 0 Å². The second-order valence-electron chi connectivity index (χ2n) is 7.02. The quantitative estimate of drug-likeness (QED) is 0.779. The Kier molecular flexibility index (Phi) is 5.46. The first kappa shape index (κ1) is 16.8. The number of ether oxygens (including phenoxy) is 3. The number of rotatable bonds is 4. The van der Waals surface area contributed by atoms with Gasteiger partial charge in [0.25, 0.3) is 0 Å². The van der Waals surface area contributed by atoms with Crippen molar-refractivity contribution < 1.29 is 14.2 Å². The molecular weight excluding hydrogens is 312 g/mol. The molecule has 1 aliphatic heterocycles. The molecule has 0 bridgehead atoms. The Morgan fingerprint density at radius 3 is 1.92 bits per heavy atom. The van der Waals surface area contributed by atoms with E-state index in [0.717, 1.165) is 0 Å². The van der Waals surface area contributed by atoms with E-state index in [1.807, 2.05) is 12.1 Å². The highest BCUT2D eigenvalue weighted by molar-refractivity contribution is 5.33. The van der Waals surface area contributed by atoms with Crippen molar-refractivity contribution in [3.8, 4) is 0 Å². The first-order valence-electron chi connectivity index (χ1n) is 9.40. The van der Waals surface area contributed by atoms with Crippen LogP contribution < -0.4 is 0 Å². The van der Waals surface area contributed by atoms with Crippen molar-refractivity contribution in [1.82, 2.24) is 0 Å². The smallest absolute Gasteiger partial charge is 0.174 e. The van der Waals surface area contributed by atoms with Crippen molar-refractivity contribution in [2.45, 2.75) is 50.6 Å². The van der Waals surface area contributed by atoms with Crippen molar-refractivity contribution in [3.05, 3.63) is 71.8 Å². The molecule has 3 heteroatoms. The molecule has 2 fully saturated rings. The van der Waals surface area contributed by atoms with Gasteiger partial charge in [0.1, 0.15) is 0 Å². The van der Waals surface area contributed by atoms with Crippen LogP contribution in [0, 0.1) is 5.92 Å². The Balaban J connectivity index is 1.58. The van der Waals surface area contributed by atoms with Gasteiger partial charge in [-0.1, -0.05) is 79.9 Å². The Morgan fingerprint density at radius 2 is 1.32 bits per heavy atom. The summed E-state index contributed by atoms with van der Waals surface area (Å²) in [6, 6.07) is 21.0. The molecule has 1 heterocycles. The maximum absolute atomic E-state index is 6.35. The molecule has 0 spiro atoms. The van der Waals surface area contributed by atoms with Crippen molar-refractivity contribution in [2.24, 2.45) is 5.92 Å². The number of hydrogen-bond donors (Lipinski definition) is 0. The van der Waals surface area contributed by atoms with Gasteiger partial charge in [0.15, 0.2) is 19.4 Å². The minimum absolute atomic E-state index is 0.0531. The zero-order valence-corrected chi connectivity index (χ0v) is 14.6. The van der Waals surface area contributed by atoms with Crippen molar-refractivity contribution in [3.63, 3.8) is 0 Å².